The van der Waals surface area contributed by atoms with E-state index in [4.69, 9.17) is 26.7 Å². The summed E-state index contributed by atoms with van der Waals surface area (Å²) in [4.78, 5) is 24.7. The first-order valence-corrected chi connectivity index (χ1v) is 12.5. The fourth-order valence-electron chi connectivity index (χ4n) is 2.92. The highest BCUT2D eigenvalue weighted by atomic mass is 28.4. The zero-order valence-corrected chi connectivity index (χ0v) is 18.8. The van der Waals surface area contributed by atoms with Crippen molar-refractivity contribution in [3.05, 3.63) is 33.1 Å². The summed E-state index contributed by atoms with van der Waals surface area (Å²) < 4.78 is 20.6. The minimum Gasteiger partial charge on any atom is -0.411 e. The third kappa shape index (κ3) is 5.29. The number of ether oxygens (including phenoxy) is 2. The molecular weight excluding hydrogens is 388 g/mol. The zero-order valence-electron chi connectivity index (χ0n) is 17.8. The Hall–Kier alpha value is -2.10. The molecule has 1 fully saturated rings. The number of aromatic nitrogens is 2. The molecule has 0 unspecified atom stereocenters. The van der Waals surface area contributed by atoms with Gasteiger partial charge in [-0.2, -0.15) is 0 Å². The number of terminal acetylenes is 2. The predicted octanol–water partition coefficient (Wildman–Crippen LogP) is 1.97. The topological polar surface area (TPSA) is 71.7 Å². The smallest absolute Gasteiger partial charge is 0.333 e. The zero-order chi connectivity index (χ0) is 21.8. The lowest BCUT2D eigenvalue weighted by atomic mass is 10.2. The minimum atomic E-state index is -2.08. The summed E-state index contributed by atoms with van der Waals surface area (Å²) in [6.07, 6.45) is 11.3. The molecule has 0 amide bonds. The van der Waals surface area contributed by atoms with E-state index in [1.807, 2.05) is 0 Å². The highest BCUT2D eigenvalue weighted by Crippen LogP contribution is 2.40. The van der Waals surface area contributed by atoms with Crippen LogP contribution in [0.1, 0.15) is 33.4 Å². The molecule has 0 spiro atoms. The standard InChI is InChI=1S/C21H30N2O5Si/c1-8-11-22-18(24)10-12-23(20(22)25)19-14-16(17(27-19)15-26-13-9-2)28-29(6,7)21(3,4)5/h1-2,10,12,16-17,19H,11,13-15H2,3-7H3/t16-,17+,19+/m0/s1. The summed E-state index contributed by atoms with van der Waals surface area (Å²) in [6, 6.07) is 1.31. The fourth-order valence-corrected chi connectivity index (χ4v) is 4.28. The molecule has 0 aliphatic carbocycles. The van der Waals surface area contributed by atoms with E-state index in [9.17, 15) is 9.59 Å². The van der Waals surface area contributed by atoms with Gasteiger partial charge < -0.3 is 13.9 Å². The normalized spacial score (nSPS) is 22.2. The van der Waals surface area contributed by atoms with Crippen LogP contribution in [-0.4, -0.2) is 42.9 Å². The molecule has 0 bridgehead atoms. The van der Waals surface area contributed by atoms with Crippen molar-refractivity contribution < 1.29 is 13.9 Å². The average molecular weight is 419 g/mol. The van der Waals surface area contributed by atoms with Crippen LogP contribution in [0.3, 0.4) is 0 Å². The van der Waals surface area contributed by atoms with Gasteiger partial charge in [0, 0.05) is 18.7 Å². The predicted molar refractivity (Wildman–Crippen MR) is 114 cm³/mol. The van der Waals surface area contributed by atoms with Crippen LogP contribution in [0.2, 0.25) is 18.1 Å². The fraction of sp³-hybridized carbons (Fsp3) is 0.619. The Labute approximate surface area is 173 Å². The molecule has 2 heterocycles. The molecule has 8 heteroatoms. The third-order valence-corrected chi connectivity index (χ3v) is 10.1. The quantitative estimate of drug-likeness (QED) is 0.385. The van der Waals surface area contributed by atoms with Crippen LogP contribution in [0.5, 0.6) is 0 Å². The van der Waals surface area contributed by atoms with Gasteiger partial charge in [-0.1, -0.05) is 32.6 Å². The van der Waals surface area contributed by atoms with Gasteiger partial charge in [-0.3, -0.25) is 9.36 Å². The van der Waals surface area contributed by atoms with Gasteiger partial charge in [-0.15, -0.1) is 12.8 Å². The van der Waals surface area contributed by atoms with Gasteiger partial charge in [0.05, 0.1) is 19.3 Å². The van der Waals surface area contributed by atoms with E-state index >= 15 is 0 Å². The second-order valence-corrected chi connectivity index (χ2v) is 13.4. The number of hydrogen-bond donors (Lipinski definition) is 0. The lowest BCUT2D eigenvalue weighted by Gasteiger charge is -2.39. The molecule has 3 atom stereocenters. The van der Waals surface area contributed by atoms with Gasteiger partial charge in [-0.25, -0.2) is 9.36 Å². The molecule has 29 heavy (non-hydrogen) atoms. The largest absolute Gasteiger partial charge is 0.411 e. The van der Waals surface area contributed by atoms with Gasteiger partial charge >= 0.3 is 5.69 Å². The van der Waals surface area contributed by atoms with Crippen LogP contribution in [0.4, 0.5) is 0 Å². The molecule has 1 saturated heterocycles. The van der Waals surface area contributed by atoms with E-state index in [2.05, 4.69) is 45.7 Å². The molecule has 0 aromatic carbocycles. The van der Waals surface area contributed by atoms with Gasteiger partial charge in [0.2, 0.25) is 0 Å². The number of hydrogen-bond acceptors (Lipinski definition) is 5. The summed E-state index contributed by atoms with van der Waals surface area (Å²) in [7, 11) is -2.08. The Bertz CT molecular complexity index is 913. The lowest BCUT2D eigenvalue weighted by molar-refractivity contribution is -0.0572. The number of rotatable bonds is 7. The van der Waals surface area contributed by atoms with Crippen LogP contribution in [0, 0.1) is 24.7 Å². The summed E-state index contributed by atoms with van der Waals surface area (Å²) in [5.74, 6) is 4.77. The Balaban J connectivity index is 2.32. The molecule has 1 aliphatic heterocycles. The Morgan fingerprint density at radius 2 is 1.97 bits per heavy atom. The first-order valence-electron chi connectivity index (χ1n) is 9.61. The maximum absolute atomic E-state index is 12.7. The van der Waals surface area contributed by atoms with Crippen molar-refractivity contribution in [2.75, 3.05) is 13.2 Å². The van der Waals surface area contributed by atoms with Gasteiger partial charge in [-0.05, 0) is 18.1 Å². The molecule has 158 valence electrons. The summed E-state index contributed by atoms with van der Waals surface area (Å²) in [5, 5.41) is 0.0200. The summed E-state index contributed by atoms with van der Waals surface area (Å²) in [6.45, 7) is 11.2. The molecule has 2 rings (SSSR count). The van der Waals surface area contributed by atoms with E-state index in [1.54, 1.807) is 0 Å². The van der Waals surface area contributed by atoms with Gasteiger partial charge in [0.25, 0.3) is 5.56 Å². The van der Waals surface area contributed by atoms with E-state index < -0.39 is 25.8 Å². The van der Waals surface area contributed by atoms with Crippen molar-refractivity contribution in [3.8, 4) is 24.7 Å². The van der Waals surface area contributed by atoms with Crippen molar-refractivity contribution in [2.45, 2.75) is 70.3 Å². The van der Waals surface area contributed by atoms with Crippen molar-refractivity contribution in [1.82, 2.24) is 9.13 Å². The molecule has 7 nitrogen and oxygen atoms in total. The SMILES string of the molecule is C#CCOC[C@H]1O[C@@H](n2ccc(=O)n(CC#C)c2=O)C[C@@H]1O[Si](C)(C)C(C)(C)C. The molecule has 0 saturated carbocycles. The number of nitrogens with zero attached hydrogens (tertiary/aromatic N) is 2. The maximum atomic E-state index is 12.7. The highest BCUT2D eigenvalue weighted by Gasteiger charge is 2.45. The van der Waals surface area contributed by atoms with Crippen LogP contribution < -0.4 is 11.2 Å². The van der Waals surface area contributed by atoms with Crippen molar-refractivity contribution in [1.29, 1.82) is 0 Å². The average Bonchev–Trinajstić information content (AvgIpc) is 2.99. The van der Waals surface area contributed by atoms with Crippen molar-refractivity contribution in [3.63, 3.8) is 0 Å². The van der Waals surface area contributed by atoms with Crippen molar-refractivity contribution in [2.24, 2.45) is 0 Å². The molecule has 1 aliphatic rings. The van der Waals surface area contributed by atoms with E-state index in [1.165, 1.54) is 16.8 Å². The van der Waals surface area contributed by atoms with Crippen molar-refractivity contribution >= 4 is 8.32 Å². The first kappa shape index (κ1) is 23.2. The Kier molecular flexibility index (Phi) is 7.31. The Morgan fingerprint density at radius 3 is 2.55 bits per heavy atom. The van der Waals surface area contributed by atoms with Crippen LogP contribution in [-0.2, 0) is 20.4 Å². The molecular formula is C21H30N2O5Si. The summed E-state index contributed by atoms with van der Waals surface area (Å²) in [5.41, 5.74) is -0.943. The summed E-state index contributed by atoms with van der Waals surface area (Å²) >= 11 is 0. The molecule has 1 aromatic rings. The molecule has 1 aromatic heterocycles. The van der Waals surface area contributed by atoms with Crippen LogP contribution in [0.25, 0.3) is 0 Å². The first-order chi connectivity index (χ1) is 13.5. The van der Waals surface area contributed by atoms with Gasteiger partial charge in [0.15, 0.2) is 8.32 Å². The molecule has 0 N–H and O–H groups in total. The second-order valence-electron chi connectivity index (χ2n) is 8.63. The monoisotopic (exact) mass is 418 g/mol. The minimum absolute atomic E-state index is 0.0200. The lowest BCUT2D eigenvalue weighted by Crippen LogP contribution is -2.46. The van der Waals surface area contributed by atoms with E-state index in [0.29, 0.717) is 6.42 Å². The van der Waals surface area contributed by atoms with E-state index in [-0.39, 0.29) is 37.0 Å². The third-order valence-electron chi connectivity index (χ3n) is 5.56. The maximum Gasteiger partial charge on any atom is 0.333 e. The Morgan fingerprint density at radius 1 is 1.28 bits per heavy atom. The van der Waals surface area contributed by atoms with Crippen LogP contribution in [0.15, 0.2) is 21.9 Å². The van der Waals surface area contributed by atoms with E-state index in [0.717, 1.165) is 4.57 Å². The highest BCUT2D eigenvalue weighted by molar-refractivity contribution is 6.74. The van der Waals surface area contributed by atoms with Crippen LogP contribution >= 0.6 is 0 Å². The second kappa shape index (κ2) is 9.14. The molecule has 0 radical (unpaired) electrons. The van der Waals surface area contributed by atoms with Gasteiger partial charge in [0.1, 0.15) is 18.9 Å².